The van der Waals surface area contributed by atoms with Crippen molar-refractivity contribution in [1.29, 1.82) is 0 Å². The van der Waals surface area contributed by atoms with E-state index in [0.717, 1.165) is 0 Å². The number of hydrogen-bond donors (Lipinski definition) is 1. The molecule has 2 heteroatoms. The van der Waals surface area contributed by atoms with Gasteiger partial charge in [-0.15, -0.1) is 0 Å². The first-order valence-electron chi connectivity index (χ1n) is 9.36. The Balaban J connectivity index is 1.66. The molecule has 0 saturated carbocycles. The predicted octanol–water partition coefficient (Wildman–Crippen LogP) is 4.59. The lowest BCUT2D eigenvalue weighted by atomic mass is 10.1. The van der Waals surface area contributed by atoms with Crippen LogP contribution in [0.3, 0.4) is 0 Å². The van der Waals surface area contributed by atoms with Gasteiger partial charge in [-0.2, -0.15) is 0 Å². The zero-order valence-electron chi connectivity index (χ0n) is 14.0. The Hall–Kier alpha value is -0.0800. The highest BCUT2D eigenvalue weighted by Crippen LogP contribution is 2.10. The standard InChI is InChI=1S/C18H38N2/c1-2-3-4-5-6-7-8-9-10-11-14-19-15-18-20-16-12-13-17-20/h19H,2-18H2,1H3. The van der Waals surface area contributed by atoms with E-state index in [1.54, 1.807) is 0 Å². The van der Waals surface area contributed by atoms with Crippen LogP contribution in [-0.4, -0.2) is 37.6 Å². The van der Waals surface area contributed by atoms with Crippen LogP contribution in [0.25, 0.3) is 0 Å². The summed E-state index contributed by atoms with van der Waals surface area (Å²) in [4.78, 5) is 2.59. The first-order valence-corrected chi connectivity index (χ1v) is 9.36. The minimum atomic E-state index is 1.19. The fourth-order valence-corrected chi connectivity index (χ4v) is 3.11. The summed E-state index contributed by atoms with van der Waals surface area (Å²) in [7, 11) is 0. The van der Waals surface area contributed by atoms with Crippen molar-refractivity contribution in [3.05, 3.63) is 0 Å². The predicted molar refractivity (Wildman–Crippen MR) is 90.4 cm³/mol. The van der Waals surface area contributed by atoms with Crippen LogP contribution in [0.15, 0.2) is 0 Å². The molecule has 1 rings (SSSR count). The van der Waals surface area contributed by atoms with E-state index in [1.165, 1.54) is 110 Å². The van der Waals surface area contributed by atoms with Gasteiger partial charge in [0, 0.05) is 13.1 Å². The van der Waals surface area contributed by atoms with Crippen molar-refractivity contribution in [2.45, 2.75) is 84.0 Å². The molecule has 1 N–H and O–H groups in total. The minimum Gasteiger partial charge on any atom is -0.315 e. The number of nitrogens with one attached hydrogen (secondary N) is 1. The molecule has 0 atom stereocenters. The maximum Gasteiger partial charge on any atom is 0.0107 e. The quantitative estimate of drug-likeness (QED) is 0.469. The van der Waals surface area contributed by atoms with Gasteiger partial charge in [0.05, 0.1) is 0 Å². The molecular weight excluding hydrogens is 244 g/mol. The molecule has 0 aromatic rings. The van der Waals surface area contributed by atoms with Gasteiger partial charge in [-0.25, -0.2) is 0 Å². The second kappa shape index (κ2) is 13.9. The fraction of sp³-hybridized carbons (Fsp3) is 1.00. The van der Waals surface area contributed by atoms with Gasteiger partial charge in [-0.1, -0.05) is 64.7 Å². The van der Waals surface area contributed by atoms with Crippen molar-refractivity contribution in [3.63, 3.8) is 0 Å². The molecule has 0 aromatic heterocycles. The van der Waals surface area contributed by atoms with Crippen molar-refractivity contribution in [1.82, 2.24) is 10.2 Å². The number of likely N-dealkylation sites (tertiary alicyclic amines) is 1. The lowest BCUT2D eigenvalue weighted by Gasteiger charge is -2.14. The van der Waals surface area contributed by atoms with Crippen molar-refractivity contribution in [2.24, 2.45) is 0 Å². The largest absolute Gasteiger partial charge is 0.315 e. The van der Waals surface area contributed by atoms with Crippen molar-refractivity contribution >= 4 is 0 Å². The Morgan fingerprint density at radius 2 is 1.25 bits per heavy atom. The second-order valence-electron chi connectivity index (χ2n) is 6.48. The molecule has 0 spiro atoms. The van der Waals surface area contributed by atoms with E-state index in [4.69, 9.17) is 0 Å². The average Bonchev–Trinajstić information content (AvgIpc) is 2.97. The molecule has 2 nitrogen and oxygen atoms in total. The SMILES string of the molecule is CCCCCCCCCCCCNCCN1CCCC1. The molecule has 1 aliphatic heterocycles. The molecule has 20 heavy (non-hydrogen) atoms. The van der Waals surface area contributed by atoms with Gasteiger partial charge in [0.1, 0.15) is 0 Å². The first kappa shape index (κ1) is 18.0. The van der Waals surface area contributed by atoms with E-state index >= 15 is 0 Å². The first-order chi connectivity index (χ1) is 9.93. The number of unbranched alkanes of at least 4 members (excludes halogenated alkanes) is 9. The Labute approximate surface area is 127 Å². The Morgan fingerprint density at radius 1 is 0.700 bits per heavy atom. The summed E-state index contributed by atoms with van der Waals surface area (Å²) >= 11 is 0. The number of nitrogens with zero attached hydrogens (tertiary/aromatic N) is 1. The minimum absolute atomic E-state index is 1.19. The summed E-state index contributed by atoms with van der Waals surface area (Å²) in [5, 5.41) is 3.60. The summed E-state index contributed by atoms with van der Waals surface area (Å²) in [6, 6.07) is 0. The molecule has 0 aromatic carbocycles. The zero-order valence-corrected chi connectivity index (χ0v) is 14.0. The van der Waals surface area contributed by atoms with Crippen LogP contribution in [0.4, 0.5) is 0 Å². The zero-order chi connectivity index (χ0) is 14.3. The van der Waals surface area contributed by atoms with Crippen LogP contribution in [0.5, 0.6) is 0 Å². The Morgan fingerprint density at radius 3 is 1.85 bits per heavy atom. The van der Waals surface area contributed by atoms with Crippen LogP contribution >= 0.6 is 0 Å². The third-order valence-electron chi connectivity index (χ3n) is 4.51. The molecule has 1 saturated heterocycles. The van der Waals surface area contributed by atoms with Gasteiger partial charge >= 0.3 is 0 Å². The highest BCUT2D eigenvalue weighted by Gasteiger charge is 2.09. The van der Waals surface area contributed by atoms with E-state index in [9.17, 15) is 0 Å². The topological polar surface area (TPSA) is 15.3 Å². The van der Waals surface area contributed by atoms with Crippen molar-refractivity contribution in [2.75, 3.05) is 32.7 Å². The van der Waals surface area contributed by atoms with E-state index in [0.29, 0.717) is 0 Å². The molecule has 1 aliphatic rings. The number of rotatable bonds is 14. The third-order valence-corrected chi connectivity index (χ3v) is 4.51. The van der Waals surface area contributed by atoms with Gasteiger partial charge in [-0.3, -0.25) is 0 Å². The molecule has 0 bridgehead atoms. The molecule has 0 amide bonds. The van der Waals surface area contributed by atoms with Crippen molar-refractivity contribution in [3.8, 4) is 0 Å². The summed E-state index contributed by atoms with van der Waals surface area (Å²) in [5.74, 6) is 0. The average molecular weight is 283 g/mol. The molecule has 0 aliphatic carbocycles. The van der Waals surface area contributed by atoms with E-state index in [2.05, 4.69) is 17.1 Å². The molecule has 120 valence electrons. The second-order valence-corrected chi connectivity index (χ2v) is 6.48. The highest BCUT2D eigenvalue weighted by atomic mass is 15.1. The molecule has 1 fully saturated rings. The maximum atomic E-state index is 3.60. The molecular formula is C18H38N2. The van der Waals surface area contributed by atoms with E-state index in [1.807, 2.05) is 0 Å². The lowest BCUT2D eigenvalue weighted by Crippen LogP contribution is -2.30. The van der Waals surface area contributed by atoms with Gasteiger partial charge in [0.15, 0.2) is 0 Å². The lowest BCUT2D eigenvalue weighted by molar-refractivity contribution is 0.335. The molecule has 0 unspecified atom stereocenters. The Kier molecular flexibility index (Phi) is 12.5. The maximum absolute atomic E-state index is 3.60. The monoisotopic (exact) mass is 282 g/mol. The van der Waals surface area contributed by atoms with Gasteiger partial charge in [-0.05, 0) is 38.9 Å². The summed E-state index contributed by atoms with van der Waals surface area (Å²) in [6.07, 6.45) is 17.2. The highest BCUT2D eigenvalue weighted by molar-refractivity contribution is 4.66. The fourth-order valence-electron chi connectivity index (χ4n) is 3.11. The van der Waals surface area contributed by atoms with Crippen LogP contribution < -0.4 is 5.32 Å². The van der Waals surface area contributed by atoms with Gasteiger partial charge < -0.3 is 10.2 Å². The molecule has 0 radical (unpaired) electrons. The van der Waals surface area contributed by atoms with Crippen LogP contribution in [0.2, 0.25) is 0 Å². The summed E-state index contributed by atoms with van der Waals surface area (Å²) < 4.78 is 0. The smallest absolute Gasteiger partial charge is 0.0107 e. The van der Waals surface area contributed by atoms with Crippen LogP contribution in [0, 0.1) is 0 Å². The van der Waals surface area contributed by atoms with Crippen LogP contribution in [-0.2, 0) is 0 Å². The summed E-state index contributed by atoms with van der Waals surface area (Å²) in [5.41, 5.74) is 0. The van der Waals surface area contributed by atoms with Gasteiger partial charge in [0.2, 0.25) is 0 Å². The number of hydrogen-bond acceptors (Lipinski definition) is 2. The van der Waals surface area contributed by atoms with E-state index < -0.39 is 0 Å². The van der Waals surface area contributed by atoms with E-state index in [-0.39, 0.29) is 0 Å². The molecule has 1 heterocycles. The normalized spacial score (nSPS) is 16.1. The van der Waals surface area contributed by atoms with Gasteiger partial charge in [0.25, 0.3) is 0 Å². The Bertz CT molecular complexity index is 188. The summed E-state index contributed by atoms with van der Waals surface area (Å²) in [6.45, 7) is 8.64. The van der Waals surface area contributed by atoms with Crippen LogP contribution in [0.1, 0.15) is 84.0 Å². The third kappa shape index (κ3) is 10.7. The van der Waals surface area contributed by atoms with Crippen molar-refractivity contribution < 1.29 is 0 Å².